The first kappa shape index (κ1) is 12.4. The van der Waals surface area contributed by atoms with Crippen LogP contribution in [0.15, 0.2) is 0 Å². The molecule has 1 heterocycles. The third kappa shape index (κ3) is 1.77. The molecule has 4 nitrogen and oxygen atoms in total. The van der Waals surface area contributed by atoms with Crippen molar-refractivity contribution in [2.45, 2.75) is 50.9 Å². The van der Waals surface area contributed by atoms with E-state index in [0.717, 1.165) is 25.8 Å². The highest BCUT2D eigenvalue weighted by atomic mass is 16.5. The molecular formula is C14H23NO3. The predicted molar refractivity (Wildman–Crippen MR) is 66.9 cm³/mol. The Labute approximate surface area is 108 Å². The molecule has 18 heavy (non-hydrogen) atoms. The van der Waals surface area contributed by atoms with Crippen molar-refractivity contribution in [3.05, 3.63) is 0 Å². The Hall–Kier alpha value is -0.610. The van der Waals surface area contributed by atoms with E-state index in [0.29, 0.717) is 24.2 Å². The Morgan fingerprint density at radius 1 is 1.44 bits per heavy atom. The standard InChI is InChI=1S/C14H23NO3/c1-8(18-2)3-4-12(16)15-7-10-5-9-6-11(10)13(15)14(9)17/h8-11,13-14,17H,3-7H2,1-2H3. The first-order valence-corrected chi connectivity index (χ1v) is 7.12. The molecule has 3 fully saturated rings. The van der Waals surface area contributed by atoms with E-state index in [-0.39, 0.29) is 24.2 Å². The molecule has 2 aliphatic carbocycles. The molecule has 0 spiro atoms. The van der Waals surface area contributed by atoms with Crippen LogP contribution in [0, 0.1) is 17.8 Å². The molecule has 1 saturated heterocycles. The van der Waals surface area contributed by atoms with Gasteiger partial charge < -0.3 is 14.7 Å². The maximum atomic E-state index is 12.3. The second-order valence-electron chi connectivity index (χ2n) is 6.27. The normalized spacial score (nSPS) is 42.6. The monoisotopic (exact) mass is 253 g/mol. The molecule has 1 amide bonds. The van der Waals surface area contributed by atoms with Crippen LogP contribution >= 0.6 is 0 Å². The van der Waals surface area contributed by atoms with Crippen molar-refractivity contribution >= 4 is 5.91 Å². The lowest BCUT2D eigenvalue weighted by Gasteiger charge is -2.29. The van der Waals surface area contributed by atoms with Crippen molar-refractivity contribution < 1.29 is 14.6 Å². The summed E-state index contributed by atoms with van der Waals surface area (Å²) in [6, 6.07) is 0.124. The molecule has 2 bridgehead atoms. The van der Waals surface area contributed by atoms with Gasteiger partial charge in [-0.3, -0.25) is 4.79 Å². The van der Waals surface area contributed by atoms with E-state index in [4.69, 9.17) is 4.74 Å². The van der Waals surface area contributed by atoms with Crippen LogP contribution in [0.5, 0.6) is 0 Å². The molecule has 0 aromatic carbocycles. The first-order valence-electron chi connectivity index (χ1n) is 7.12. The molecule has 2 saturated carbocycles. The number of methoxy groups -OCH3 is 1. The topological polar surface area (TPSA) is 49.8 Å². The highest BCUT2D eigenvalue weighted by molar-refractivity contribution is 5.77. The fourth-order valence-corrected chi connectivity index (χ4v) is 4.29. The summed E-state index contributed by atoms with van der Waals surface area (Å²) in [5.41, 5.74) is 0. The van der Waals surface area contributed by atoms with Gasteiger partial charge >= 0.3 is 0 Å². The number of carbonyl (C=O) groups excluding carboxylic acids is 1. The first-order chi connectivity index (χ1) is 8.61. The number of carbonyl (C=O) groups is 1. The van der Waals surface area contributed by atoms with Crippen LogP contribution in [-0.4, -0.2) is 47.8 Å². The summed E-state index contributed by atoms with van der Waals surface area (Å²) in [5.74, 6) is 1.90. The summed E-state index contributed by atoms with van der Waals surface area (Å²) in [6.07, 6.45) is 3.44. The van der Waals surface area contributed by atoms with Gasteiger partial charge in [0, 0.05) is 20.1 Å². The van der Waals surface area contributed by atoms with E-state index in [2.05, 4.69) is 0 Å². The summed E-state index contributed by atoms with van der Waals surface area (Å²) >= 11 is 0. The number of aliphatic hydroxyl groups is 1. The highest BCUT2D eigenvalue weighted by Gasteiger charge is 2.59. The van der Waals surface area contributed by atoms with Crippen LogP contribution in [-0.2, 0) is 9.53 Å². The molecule has 6 atom stereocenters. The van der Waals surface area contributed by atoms with E-state index in [1.54, 1.807) is 7.11 Å². The molecule has 1 aliphatic heterocycles. The van der Waals surface area contributed by atoms with Gasteiger partial charge in [-0.2, -0.15) is 0 Å². The zero-order chi connectivity index (χ0) is 12.9. The van der Waals surface area contributed by atoms with Gasteiger partial charge in [0.25, 0.3) is 0 Å². The minimum Gasteiger partial charge on any atom is -0.391 e. The van der Waals surface area contributed by atoms with Crippen molar-refractivity contribution in [2.75, 3.05) is 13.7 Å². The Morgan fingerprint density at radius 2 is 2.22 bits per heavy atom. The number of likely N-dealkylation sites (tertiary alicyclic amines) is 1. The number of fused-ring (bicyclic) bond motifs is 1. The molecule has 0 aromatic rings. The largest absolute Gasteiger partial charge is 0.391 e. The van der Waals surface area contributed by atoms with Gasteiger partial charge in [0.1, 0.15) is 0 Å². The maximum absolute atomic E-state index is 12.3. The average Bonchev–Trinajstić information content (AvgIpc) is 2.96. The zero-order valence-corrected chi connectivity index (χ0v) is 11.2. The van der Waals surface area contributed by atoms with Crippen LogP contribution in [0.4, 0.5) is 0 Å². The molecule has 0 aromatic heterocycles. The van der Waals surface area contributed by atoms with Crippen LogP contribution < -0.4 is 0 Å². The smallest absolute Gasteiger partial charge is 0.223 e. The van der Waals surface area contributed by atoms with E-state index in [1.807, 2.05) is 11.8 Å². The van der Waals surface area contributed by atoms with Gasteiger partial charge in [-0.25, -0.2) is 0 Å². The number of rotatable bonds is 4. The number of amides is 1. The third-order valence-corrected chi connectivity index (χ3v) is 5.34. The number of aliphatic hydroxyl groups excluding tert-OH is 1. The van der Waals surface area contributed by atoms with Crippen molar-refractivity contribution in [3.8, 4) is 0 Å². The fraction of sp³-hybridized carbons (Fsp3) is 0.929. The Bertz CT molecular complexity index is 344. The maximum Gasteiger partial charge on any atom is 0.223 e. The summed E-state index contributed by atoms with van der Waals surface area (Å²) in [5, 5.41) is 10.2. The average molecular weight is 253 g/mol. The number of hydrogen-bond donors (Lipinski definition) is 1. The van der Waals surface area contributed by atoms with Crippen molar-refractivity contribution in [3.63, 3.8) is 0 Å². The molecule has 0 radical (unpaired) electrons. The number of ether oxygens (including phenoxy) is 1. The summed E-state index contributed by atoms with van der Waals surface area (Å²) < 4.78 is 5.18. The minimum atomic E-state index is -0.266. The van der Waals surface area contributed by atoms with Gasteiger partial charge in [-0.05, 0) is 43.9 Å². The molecule has 3 rings (SSSR count). The Balaban J connectivity index is 1.62. The van der Waals surface area contributed by atoms with E-state index < -0.39 is 0 Å². The zero-order valence-electron chi connectivity index (χ0n) is 11.2. The molecule has 4 heteroatoms. The lowest BCUT2D eigenvalue weighted by atomic mass is 9.88. The van der Waals surface area contributed by atoms with E-state index in [9.17, 15) is 9.90 Å². The van der Waals surface area contributed by atoms with Gasteiger partial charge in [-0.15, -0.1) is 0 Å². The molecule has 3 aliphatic rings. The van der Waals surface area contributed by atoms with Crippen molar-refractivity contribution in [1.82, 2.24) is 4.90 Å². The lowest BCUT2D eigenvalue weighted by Crippen LogP contribution is -2.43. The van der Waals surface area contributed by atoms with E-state index >= 15 is 0 Å². The van der Waals surface area contributed by atoms with Crippen LogP contribution in [0.1, 0.15) is 32.6 Å². The van der Waals surface area contributed by atoms with Gasteiger partial charge in [-0.1, -0.05) is 0 Å². The van der Waals surface area contributed by atoms with Gasteiger partial charge in [0.05, 0.1) is 18.2 Å². The minimum absolute atomic E-state index is 0.124. The van der Waals surface area contributed by atoms with Crippen LogP contribution in [0.25, 0.3) is 0 Å². The van der Waals surface area contributed by atoms with Crippen LogP contribution in [0.2, 0.25) is 0 Å². The molecule has 6 unspecified atom stereocenters. The van der Waals surface area contributed by atoms with Crippen LogP contribution in [0.3, 0.4) is 0 Å². The fourth-order valence-electron chi connectivity index (χ4n) is 4.29. The number of nitrogens with zero attached hydrogens (tertiary/aromatic N) is 1. The molecule has 1 N–H and O–H groups in total. The second-order valence-corrected chi connectivity index (χ2v) is 6.27. The summed E-state index contributed by atoms with van der Waals surface area (Å²) in [7, 11) is 1.68. The number of hydrogen-bond acceptors (Lipinski definition) is 3. The third-order valence-electron chi connectivity index (χ3n) is 5.34. The second kappa shape index (κ2) is 4.49. The van der Waals surface area contributed by atoms with E-state index in [1.165, 1.54) is 0 Å². The summed E-state index contributed by atoms with van der Waals surface area (Å²) in [4.78, 5) is 14.2. The van der Waals surface area contributed by atoms with Crippen molar-refractivity contribution in [1.29, 1.82) is 0 Å². The predicted octanol–water partition coefficient (Wildman–Crippen LogP) is 1.03. The SMILES string of the molecule is COC(C)CCC(=O)N1CC2CC3CC2C1C3O. The Morgan fingerprint density at radius 3 is 2.89 bits per heavy atom. The highest BCUT2D eigenvalue weighted by Crippen LogP contribution is 2.54. The lowest BCUT2D eigenvalue weighted by molar-refractivity contribution is -0.134. The molecular weight excluding hydrogens is 230 g/mol. The Kier molecular flexibility index (Phi) is 3.10. The quantitative estimate of drug-likeness (QED) is 0.814. The molecule has 102 valence electrons. The van der Waals surface area contributed by atoms with Gasteiger partial charge in [0.2, 0.25) is 5.91 Å². The van der Waals surface area contributed by atoms with Gasteiger partial charge in [0.15, 0.2) is 0 Å². The van der Waals surface area contributed by atoms with Crippen molar-refractivity contribution in [2.24, 2.45) is 17.8 Å². The summed E-state index contributed by atoms with van der Waals surface area (Å²) in [6.45, 7) is 2.87.